The molecule has 146 valence electrons. The number of halogens is 1. The highest BCUT2D eigenvalue weighted by Crippen LogP contribution is 2.35. The molecule has 1 saturated heterocycles. The third-order valence-corrected chi connectivity index (χ3v) is 5.90. The number of aromatic nitrogens is 1. The number of nitrogens with one attached hydrogen (secondary N) is 1. The van der Waals surface area contributed by atoms with E-state index in [0.29, 0.717) is 31.6 Å². The van der Waals surface area contributed by atoms with Crippen LogP contribution < -0.4 is 10.1 Å². The average molecular weight is 425 g/mol. The van der Waals surface area contributed by atoms with Crippen LogP contribution in [-0.2, 0) is 4.79 Å². The maximum Gasteiger partial charge on any atom is 0.263 e. The van der Waals surface area contributed by atoms with Crippen molar-refractivity contribution in [2.24, 2.45) is 0 Å². The second kappa shape index (κ2) is 7.57. The van der Waals surface area contributed by atoms with E-state index in [4.69, 9.17) is 21.9 Å². The van der Waals surface area contributed by atoms with Gasteiger partial charge in [-0.1, -0.05) is 36.1 Å². The zero-order chi connectivity index (χ0) is 20.7. The van der Waals surface area contributed by atoms with E-state index >= 15 is 0 Å². The van der Waals surface area contributed by atoms with Gasteiger partial charge in [-0.3, -0.25) is 4.79 Å². The van der Waals surface area contributed by atoms with Crippen LogP contribution in [0.3, 0.4) is 0 Å². The van der Waals surface area contributed by atoms with Crippen LogP contribution in [0, 0.1) is 19.7 Å². The molecule has 2 heterocycles. The van der Waals surface area contributed by atoms with Crippen molar-refractivity contribution in [3.8, 4) is 17.0 Å². The van der Waals surface area contributed by atoms with Crippen molar-refractivity contribution >= 4 is 51.2 Å². The van der Waals surface area contributed by atoms with Gasteiger partial charge in [0.25, 0.3) is 5.91 Å². The van der Waals surface area contributed by atoms with Crippen LogP contribution in [0.1, 0.15) is 16.7 Å². The fraction of sp³-hybridized carbons (Fsp3) is 0.136. The lowest BCUT2D eigenvalue weighted by molar-refractivity contribution is -0.115. The Morgan fingerprint density at radius 2 is 1.97 bits per heavy atom. The first-order valence-electron chi connectivity index (χ1n) is 8.87. The second-order valence-electron chi connectivity index (χ2n) is 6.73. The molecule has 3 aromatic rings. The van der Waals surface area contributed by atoms with Crippen molar-refractivity contribution in [1.82, 2.24) is 10.3 Å². The van der Waals surface area contributed by atoms with E-state index in [2.05, 4.69) is 5.32 Å². The van der Waals surface area contributed by atoms with E-state index < -0.39 is 0 Å². The Labute approximate surface area is 177 Å². The van der Waals surface area contributed by atoms with E-state index in [-0.39, 0.29) is 11.7 Å². The number of hydrogen-bond donors (Lipinski definition) is 1. The predicted molar refractivity (Wildman–Crippen MR) is 119 cm³/mol. The van der Waals surface area contributed by atoms with E-state index in [9.17, 15) is 9.18 Å². The lowest BCUT2D eigenvalue weighted by atomic mass is 10.00. The number of amides is 1. The highest BCUT2D eigenvalue weighted by atomic mass is 32.2. The fourth-order valence-electron chi connectivity index (χ4n) is 3.31. The number of methoxy groups -OCH3 is 1. The number of benzene rings is 2. The number of nitrogens with zero attached hydrogens (tertiary/aromatic N) is 1. The number of aryl methyl sites for hydroxylation is 2. The molecule has 7 heteroatoms. The molecule has 0 aliphatic carbocycles. The maximum atomic E-state index is 14.3. The number of hydrogen-bond acceptors (Lipinski definition) is 5. The number of fused-ring (bicyclic) bond motifs is 1. The molecule has 1 aromatic heterocycles. The SMILES string of the molecule is COc1ccc(/C=C2\SC(=S)NC2=O)cc1-c1nc2c(C)ccc(F)c2cc1C. The molecule has 0 saturated carbocycles. The minimum Gasteiger partial charge on any atom is -0.496 e. The molecule has 4 nitrogen and oxygen atoms in total. The molecule has 0 radical (unpaired) electrons. The Morgan fingerprint density at radius 1 is 1.17 bits per heavy atom. The number of thioether (sulfide) groups is 1. The number of carbonyl (C=O) groups is 1. The lowest BCUT2D eigenvalue weighted by Crippen LogP contribution is -2.17. The Morgan fingerprint density at radius 3 is 2.66 bits per heavy atom. The summed E-state index contributed by atoms with van der Waals surface area (Å²) in [5.74, 6) is 0.150. The molecule has 4 rings (SSSR count). The van der Waals surface area contributed by atoms with Crippen LogP contribution in [0.4, 0.5) is 4.39 Å². The van der Waals surface area contributed by atoms with Crippen molar-refractivity contribution < 1.29 is 13.9 Å². The number of pyridine rings is 1. The van der Waals surface area contributed by atoms with Gasteiger partial charge in [-0.05, 0) is 60.9 Å². The summed E-state index contributed by atoms with van der Waals surface area (Å²) >= 11 is 6.28. The van der Waals surface area contributed by atoms with Gasteiger partial charge < -0.3 is 10.1 Å². The minimum atomic E-state index is -0.293. The number of rotatable bonds is 3. The van der Waals surface area contributed by atoms with Gasteiger partial charge in [0.1, 0.15) is 15.9 Å². The quantitative estimate of drug-likeness (QED) is 0.465. The van der Waals surface area contributed by atoms with Gasteiger partial charge in [0.05, 0.1) is 23.2 Å². The first kappa shape index (κ1) is 19.5. The summed E-state index contributed by atoms with van der Waals surface area (Å²) in [5, 5.41) is 3.11. The van der Waals surface area contributed by atoms with Gasteiger partial charge in [0.15, 0.2) is 0 Å². The number of thiocarbonyl (C=S) groups is 1. The number of carbonyl (C=O) groups excluding carboxylic acids is 1. The highest BCUT2D eigenvalue weighted by Gasteiger charge is 2.22. The molecule has 1 aliphatic heterocycles. The van der Waals surface area contributed by atoms with Crippen LogP contribution in [0.15, 0.2) is 41.3 Å². The van der Waals surface area contributed by atoms with Crippen LogP contribution in [0.2, 0.25) is 0 Å². The van der Waals surface area contributed by atoms with Crippen molar-refractivity contribution in [2.45, 2.75) is 13.8 Å². The molecule has 0 bridgehead atoms. The monoisotopic (exact) mass is 424 g/mol. The smallest absolute Gasteiger partial charge is 0.263 e. The Hall–Kier alpha value is -2.77. The summed E-state index contributed by atoms with van der Waals surface area (Å²) in [6.07, 6.45) is 1.78. The summed E-state index contributed by atoms with van der Waals surface area (Å²) < 4.78 is 20.3. The molecular weight excluding hydrogens is 407 g/mol. The van der Waals surface area contributed by atoms with Gasteiger partial charge in [0.2, 0.25) is 0 Å². The van der Waals surface area contributed by atoms with Crippen molar-refractivity contribution in [1.29, 1.82) is 0 Å². The molecule has 29 heavy (non-hydrogen) atoms. The fourth-order valence-corrected chi connectivity index (χ4v) is 4.35. The molecule has 1 fully saturated rings. The summed E-state index contributed by atoms with van der Waals surface area (Å²) in [5.41, 5.74) is 4.65. The van der Waals surface area contributed by atoms with E-state index in [0.717, 1.165) is 22.3 Å². The van der Waals surface area contributed by atoms with Crippen molar-refractivity contribution in [3.63, 3.8) is 0 Å². The summed E-state index contributed by atoms with van der Waals surface area (Å²) in [4.78, 5) is 17.3. The Kier molecular flexibility index (Phi) is 5.10. The molecule has 0 unspecified atom stereocenters. The number of ether oxygens (including phenoxy) is 1. The summed E-state index contributed by atoms with van der Waals surface area (Å²) in [7, 11) is 1.59. The third-order valence-electron chi connectivity index (χ3n) is 4.74. The Balaban J connectivity index is 1.89. The largest absolute Gasteiger partial charge is 0.496 e. The Bertz CT molecular complexity index is 1220. The second-order valence-corrected chi connectivity index (χ2v) is 8.45. The van der Waals surface area contributed by atoms with E-state index in [1.54, 1.807) is 19.3 Å². The molecular formula is C22H17FN2O2S2. The van der Waals surface area contributed by atoms with E-state index in [1.807, 2.05) is 38.1 Å². The van der Waals surface area contributed by atoms with Crippen molar-refractivity contribution in [2.75, 3.05) is 7.11 Å². The zero-order valence-electron chi connectivity index (χ0n) is 16.0. The first-order chi connectivity index (χ1) is 13.9. The topological polar surface area (TPSA) is 51.2 Å². The lowest BCUT2D eigenvalue weighted by Gasteiger charge is -2.14. The molecule has 0 spiro atoms. The van der Waals surface area contributed by atoms with Crippen LogP contribution in [0.25, 0.3) is 28.2 Å². The van der Waals surface area contributed by atoms with Crippen LogP contribution in [0.5, 0.6) is 5.75 Å². The molecule has 1 aliphatic rings. The average Bonchev–Trinajstić information content (AvgIpc) is 3.01. The normalized spacial score (nSPS) is 15.2. The first-order valence-corrected chi connectivity index (χ1v) is 10.1. The van der Waals surface area contributed by atoms with Gasteiger partial charge in [0, 0.05) is 10.9 Å². The van der Waals surface area contributed by atoms with Gasteiger partial charge in [-0.15, -0.1) is 0 Å². The van der Waals surface area contributed by atoms with Crippen LogP contribution >= 0.6 is 24.0 Å². The minimum absolute atomic E-state index is 0.205. The highest BCUT2D eigenvalue weighted by molar-refractivity contribution is 8.26. The predicted octanol–water partition coefficient (Wildman–Crippen LogP) is 5.16. The zero-order valence-corrected chi connectivity index (χ0v) is 17.6. The standard InChI is InChI=1S/C22H17FN2O2S2/c1-11-4-6-16(23)14-8-12(2)20(24-19(11)14)15-9-13(5-7-17(15)27-3)10-18-21(26)25-22(28)29-18/h4-10H,1-3H3,(H,25,26,28)/b18-10-. The van der Waals surface area contributed by atoms with Gasteiger partial charge in [-0.25, -0.2) is 9.37 Å². The van der Waals surface area contributed by atoms with Gasteiger partial charge >= 0.3 is 0 Å². The molecule has 2 aromatic carbocycles. The summed E-state index contributed by atoms with van der Waals surface area (Å²) in [6.45, 7) is 3.80. The van der Waals surface area contributed by atoms with Crippen LogP contribution in [-0.4, -0.2) is 22.3 Å². The van der Waals surface area contributed by atoms with E-state index in [1.165, 1.54) is 17.8 Å². The third kappa shape index (κ3) is 3.63. The molecule has 0 atom stereocenters. The maximum absolute atomic E-state index is 14.3. The molecule has 1 N–H and O–H groups in total. The summed E-state index contributed by atoms with van der Waals surface area (Å²) in [6, 6.07) is 10.6. The van der Waals surface area contributed by atoms with Gasteiger partial charge in [-0.2, -0.15) is 0 Å². The molecule has 1 amide bonds. The van der Waals surface area contributed by atoms with Crippen molar-refractivity contribution in [3.05, 3.63) is 63.8 Å².